The quantitative estimate of drug-likeness (QED) is 0.439. The van der Waals surface area contributed by atoms with Crippen molar-refractivity contribution in [2.45, 2.75) is 26.2 Å². The van der Waals surface area contributed by atoms with Gasteiger partial charge in [-0.25, -0.2) is 4.98 Å². The molecule has 0 amide bonds. The molecule has 8 heteroatoms. The molecule has 4 heterocycles. The van der Waals surface area contributed by atoms with Crippen LogP contribution in [0.1, 0.15) is 25.0 Å². The highest BCUT2D eigenvalue weighted by Crippen LogP contribution is 2.37. The van der Waals surface area contributed by atoms with Crippen molar-refractivity contribution in [3.63, 3.8) is 0 Å². The number of likely N-dealkylation sites (tertiary alicyclic amines) is 1. The number of methoxy groups -OCH3 is 1. The van der Waals surface area contributed by atoms with Crippen LogP contribution in [0, 0.1) is 6.92 Å². The Bertz CT molecular complexity index is 1280. The van der Waals surface area contributed by atoms with Crippen LogP contribution >= 0.6 is 0 Å². The average molecular weight is 422 g/mol. The molecule has 1 fully saturated rings. The lowest BCUT2D eigenvalue weighted by Crippen LogP contribution is -2.21. The minimum Gasteiger partial charge on any atom is -0.493 e. The Morgan fingerprint density at radius 3 is 2.74 bits per heavy atom. The molecule has 1 aromatic carbocycles. The largest absolute Gasteiger partial charge is 0.493 e. The number of hydrogen-bond donors (Lipinski definition) is 2. The van der Waals surface area contributed by atoms with Crippen LogP contribution in [0.3, 0.4) is 0 Å². The zero-order valence-corrected chi connectivity index (χ0v) is 17.8. The minimum atomic E-state index is -0.241. The summed E-state index contributed by atoms with van der Waals surface area (Å²) in [6, 6.07) is 7.42. The summed E-state index contributed by atoms with van der Waals surface area (Å²) in [5.74, 6) is 2.57. The monoisotopic (exact) mass is 422 g/mol. The van der Waals surface area contributed by atoms with Crippen LogP contribution < -0.4 is 15.0 Å². The van der Waals surface area contributed by atoms with Gasteiger partial charge in [0.05, 0.1) is 30.1 Å². The van der Waals surface area contributed by atoms with Crippen molar-refractivity contribution >= 4 is 21.8 Å². The van der Waals surface area contributed by atoms with E-state index in [2.05, 4.69) is 15.1 Å². The van der Waals surface area contributed by atoms with Gasteiger partial charge in [0.15, 0.2) is 17.3 Å². The number of fused-ring (bicyclic) bond motifs is 3. The summed E-state index contributed by atoms with van der Waals surface area (Å²) in [6.07, 6.45) is 3.53. The van der Waals surface area contributed by atoms with E-state index in [4.69, 9.17) is 18.9 Å². The molecule has 4 aromatic rings. The Kier molecular flexibility index (Phi) is 5.15. The Balaban J connectivity index is 1.52. The second kappa shape index (κ2) is 8.11. The molecule has 162 valence electrons. The average Bonchev–Trinajstić information content (AvgIpc) is 3.52. The van der Waals surface area contributed by atoms with Gasteiger partial charge >= 0.3 is 0 Å². The lowest BCUT2D eigenvalue weighted by Gasteiger charge is -2.16. The summed E-state index contributed by atoms with van der Waals surface area (Å²) < 4.78 is 17.4. The Hall–Kier alpha value is -3.26. The third-order valence-corrected chi connectivity index (χ3v) is 5.85. The van der Waals surface area contributed by atoms with Gasteiger partial charge in [-0.05, 0) is 57.5 Å². The van der Waals surface area contributed by atoms with Crippen molar-refractivity contribution in [3.8, 4) is 23.0 Å². The number of aromatic amines is 2. The molecule has 31 heavy (non-hydrogen) atoms. The van der Waals surface area contributed by atoms with Gasteiger partial charge < -0.3 is 18.8 Å². The Morgan fingerprint density at radius 1 is 1.16 bits per heavy atom. The number of aromatic nitrogens is 3. The number of ether oxygens (including phenoxy) is 2. The summed E-state index contributed by atoms with van der Waals surface area (Å²) in [4.78, 5) is 19.7. The molecule has 0 unspecified atom stereocenters. The fourth-order valence-electron chi connectivity index (χ4n) is 4.29. The van der Waals surface area contributed by atoms with E-state index in [1.165, 1.54) is 25.9 Å². The number of aryl methyl sites for hydroxylation is 1. The van der Waals surface area contributed by atoms with Crippen molar-refractivity contribution in [3.05, 3.63) is 40.4 Å². The predicted octanol–water partition coefficient (Wildman–Crippen LogP) is 3.85. The third kappa shape index (κ3) is 3.67. The van der Waals surface area contributed by atoms with Gasteiger partial charge in [0, 0.05) is 18.0 Å². The first kappa shape index (κ1) is 19.7. The molecule has 0 spiro atoms. The molecular weight excluding hydrogens is 396 g/mol. The van der Waals surface area contributed by atoms with Crippen LogP contribution in [0.5, 0.6) is 11.5 Å². The lowest BCUT2D eigenvalue weighted by atomic mass is 10.1. The highest BCUT2D eigenvalue weighted by Gasteiger charge is 2.19. The van der Waals surface area contributed by atoms with Gasteiger partial charge in [-0.15, -0.1) is 0 Å². The molecule has 0 radical (unpaired) electrons. The van der Waals surface area contributed by atoms with Crippen LogP contribution in [0.2, 0.25) is 0 Å². The fourth-order valence-corrected chi connectivity index (χ4v) is 4.29. The molecule has 5 rings (SSSR count). The molecule has 0 bridgehead atoms. The number of furan rings is 1. The van der Waals surface area contributed by atoms with Crippen molar-refractivity contribution in [1.82, 2.24) is 20.1 Å². The Morgan fingerprint density at radius 2 is 2.00 bits per heavy atom. The van der Waals surface area contributed by atoms with E-state index in [0.29, 0.717) is 46.0 Å². The zero-order valence-electron chi connectivity index (χ0n) is 17.8. The van der Waals surface area contributed by atoms with Gasteiger partial charge in [0.1, 0.15) is 11.5 Å². The number of pyridine rings is 1. The first-order valence-electron chi connectivity index (χ1n) is 10.7. The van der Waals surface area contributed by atoms with Gasteiger partial charge in [-0.3, -0.25) is 15.0 Å². The fraction of sp³-hybridized carbons (Fsp3) is 0.391. The van der Waals surface area contributed by atoms with E-state index in [-0.39, 0.29) is 5.56 Å². The zero-order chi connectivity index (χ0) is 21.4. The summed E-state index contributed by atoms with van der Waals surface area (Å²) in [5, 5.41) is 6.89. The molecule has 0 atom stereocenters. The van der Waals surface area contributed by atoms with Crippen molar-refractivity contribution < 1.29 is 13.9 Å². The smallest absolute Gasteiger partial charge is 0.274 e. The second-order valence-corrected chi connectivity index (χ2v) is 7.97. The molecule has 1 aliphatic heterocycles. The first-order chi connectivity index (χ1) is 15.1. The third-order valence-electron chi connectivity index (χ3n) is 5.85. The maximum Gasteiger partial charge on any atom is 0.274 e. The lowest BCUT2D eigenvalue weighted by molar-refractivity contribution is 0.254. The molecule has 1 aliphatic rings. The van der Waals surface area contributed by atoms with E-state index >= 15 is 0 Å². The van der Waals surface area contributed by atoms with E-state index in [9.17, 15) is 4.79 Å². The predicted molar refractivity (Wildman–Crippen MR) is 119 cm³/mol. The van der Waals surface area contributed by atoms with Crippen LogP contribution in [-0.4, -0.2) is 53.4 Å². The summed E-state index contributed by atoms with van der Waals surface area (Å²) in [7, 11) is 1.61. The van der Waals surface area contributed by atoms with Gasteiger partial charge in [0.25, 0.3) is 5.56 Å². The maximum atomic E-state index is 12.5. The van der Waals surface area contributed by atoms with E-state index in [1.807, 2.05) is 31.2 Å². The van der Waals surface area contributed by atoms with E-state index in [1.54, 1.807) is 7.11 Å². The molecule has 2 N–H and O–H groups in total. The van der Waals surface area contributed by atoms with Crippen LogP contribution in [-0.2, 0) is 0 Å². The molecule has 8 nitrogen and oxygen atoms in total. The number of rotatable bonds is 7. The summed E-state index contributed by atoms with van der Waals surface area (Å²) in [5.41, 5.74) is 1.62. The van der Waals surface area contributed by atoms with Gasteiger partial charge in [-0.2, -0.15) is 0 Å². The Labute approximate surface area is 179 Å². The van der Waals surface area contributed by atoms with Crippen LogP contribution in [0.25, 0.3) is 33.3 Å². The second-order valence-electron chi connectivity index (χ2n) is 7.97. The van der Waals surface area contributed by atoms with Gasteiger partial charge in [0.2, 0.25) is 0 Å². The summed E-state index contributed by atoms with van der Waals surface area (Å²) in [6.45, 7) is 5.88. The maximum absolute atomic E-state index is 12.5. The van der Waals surface area contributed by atoms with Crippen LogP contribution in [0.4, 0.5) is 0 Å². The van der Waals surface area contributed by atoms with Crippen molar-refractivity contribution in [1.29, 1.82) is 0 Å². The van der Waals surface area contributed by atoms with E-state index < -0.39 is 0 Å². The first-order valence-corrected chi connectivity index (χ1v) is 10.7. The number of H-pyrrole nitrogens is 2. The highest BCUT2D eigenvalue weighted by atomic mass is 16.5. The standard InChI is InChI=1S/C23H26N4O4/c1-14-6-7-17(31-14)22-20-21(25-26-23(20)28)15-12-18(29-2)19(13-16(15)24-22)30-11-5-10-27-8-3-4-9-27/h6-7,12-13H,3-5,8-11H2,1-2H3,(H2,25,26,28). The topological polar surface area (TPSA) is 96.4 Å². The molecule has 3 aromatic heterocycles. The molecular formula is C23H26N4O4. The number of nitrogens with one attached hydrogen (secondary N) is 2. The molecule has 0 aliphatic carbocycles. The molecule has 1 saturated heterocycles. The SMILES string of the molecule is COc1cc2c(cc1OCCCN1CCCC1)nc(-c1ccc(C)o1)c1c(=O)[nH][nH]c12. The van der Waals surface area contributed by atoms with Crippen molar-refractivity contribution in [2.24, 2.45) is 0 Å². The summed E-state index contributed by atoms with van der Waals surface area (Å²) >= 11 is 0. The number of nitrogens with zero attached hydrogens (tertiary/aromatic N) is 2. The van der Waals surface area contributed by atoms with Crippen LogP contribution in [0.15, 0.2) is 33.5 Å². The number of hydrogen-bond acceptors (Lipinski definition) is 6. The minimum absolute atomic E-state index is 0.241. The highest BCUT2D eigenvalue weighted by molar-refractivity contribution is 6.08. The van der Waals surface area contributed by atoms with E-state index in [0.717, 1.165) is 24.1 Å². The van der Waals surface area contributed by atoms with Crippen molar-refractivity contribution in [2.75, 3.05) is 33.4 Å². The molecule has 0 saturated carbocycles. The normalized spacial score (nSPS) is 14.6. The van der Waals surface area contributed by atoms with Gasteiger partial charge in [-0.1, -0.05) is 0 Å². The number of benzene rings is 1.